The van der Waals surface area contributed by atoms with Crippen LogP contribution >= 0.6 is 0 Å². The first-order chi connectivity index (χ1) is 19.3. The number of benzene rings is 3. The number of aliphatic hydroxyl groups excluding tert-OH is 1. The van der Waals surface area contributed by atoms with Crippen molar-refractivity contribution in [2.24, 2.45) is 0 Å². The van der Waals surface area contributed by atoms with Crippen molar-refractivity contribution in [3.63, 3.8) is 0 Å². The van der Waals surface area contributed by atoms with Crippen LogP contribution in [-0.2, 0) is 15.1 Å². The summed E-state index contributed by atoms with van der Waals surface area (Å²) in [4.78, 5) is 27.7. The minimum absolute atomic E-state index is 0.0247. The van der Waals surface area contributed by atoms with Gasteiger partial charge in [-0.3, -0.25) is 4.79 Å². The predicted octanol–water partition coefficient (Wildman–Crippen LogP) is 3.52. The normalized spacial score (nSPS) is 18.9. The van der Waals surface area contributed by atoms with Gasteiger partial charge in [0, 0.05) is 18.2 Å². The summed E-state index contributed by atoms with van der Waals surface area (Å²) in [6.07, 6.45) is -2.60. The van der Waals surface area contributed by atoms with Gasteiger partial charge in [0.05, 0.1) is 26.9 Å². The third-order valence-electron chi connectivity index (χ3n) is 7.23. The summed E-state index contributed by atoms with van der Waals surface area (Å²) < 4.78 is 24.7. The standard InChI is InChI=1S/C31H32N2O7/c1-20-17-28(35)33(30(36)32-20)29-18-26(34)27(40-29)19-39-31(21-7-5-4-6-8-21,22-9-13-24(37-2)14-10-22)23-11-15-25(38-3)16-12-23/h4-17,26-27,29,34H,18-19H2,1-3H3,(H,32,36)/t26-,27+,29+/m0/s1. The Morgan fingerprint density at radius 3 is 1.98 bits per heavy atom. The number of aliphatic hydroxyl groups is 1. The molecule has 1 fully saturated rings. The van der Waals surface area contributed by atoms with Crippen LogP contribution in [0.2, 0.25) is 0 Å². The average Bonchev–Trinajstić information content (AvgIpc) is 3.33. The van der Waals surface area contributed by atoms with E-state index in [4.69, 9.17) is 18.9 Å². The summed E-state index contributed by atoms with van der Waals surface area (Å²) in [5.74, 6) is 1.40. The molecule has 3 aromatic carbocycles. The van der Waals surface area contributed by atoms with Gasteiger partial charge in [-0.15, -0.1) is 0 Å². The number of ether oxygens (including phenoxy) is 4. The van der Waals surface area contributed by atoms with Gasteiger partial charge >= 0.3 is 5.69 Å². The Morgan fingerprint density at radius 2 is 1.45 bits per heavy atom. The van der Waals surface area contributed by atoms with E-state index in [0.29, 0.717) is 17.2 Å². The lowest BCUT2D eigenvalue weighted by molar-refractivity contribution is -0.0949. The van der Waals surface area contributed by atoms with Gasteiger partial charge in [-0.1, -0.05) is 54.6 Å². The Kier molecular flexibility index (Phi) is 7.88. The van der Waals surface area contributed by atoms with Crippen molar-refractivity contribution in [1.29, 1.82) is 0 Å². The highest BCUT2D eigenvalue weighted by molar-refractivity contribution is 5.49. The van der Waals surface area contributed by atoms with Crippen LogP contribution in [0.4, 0.5) is 0 Å². The van der Waals surface area contributed by atoms with E-state index in [1.807, 2.05) is 78.9 Å². The van der Waals surface area contributed by atoms with Gasteiger partial charge in [0.25, 0.3) is 5.56 Å². The van der Waals surface area contributed by atoms with E-state index in [2.05, 4.69) is 4.98 Å². The second-order valence-electron chi connectivity index (χ2n) is 9.71. The number of H-pyrrole nitrogens is 1. The maximum atomic E-state index is 12.6. The summed E-state index contributed by atoms with van der Waals surface area (Å²) in [5.41, 5.74) is 0.810. The van der Waals surface area contributed by atoms with Crippen molar-refractivity contribution in [2.45, 2.75) is 37.4 Å². The van der Waals surface area contributed by atoms with E-state index in [0.717, 1.165) is 21.3 Å². The van der Waals surface area contributed by atoms with Gasteiger partial charge in [0.1, 0.15) is 29.4 Å². The average molecular weight is 545 g/mol. The van der Waals surface area contributed by atoms with E-state index >= 15 is 0 Å². The fraction of sp³-hybridized carbons (Fsp3) is 0.290. The zero-order valence-corrected chi connectivity index (χ0v) is 22.6. The van der Waals surface area contributed by atoms with Crippen LogP contribution in [0.3, 0.4) is 0 Å². The minimum Gasteiger partial charge on any atom is -0.497 e. The third kappa shape index (κ3) is 5.19. The lowest BCUT2D eigenvalue weighted by Crippen LogP contribution is -2.39. The summed E-state index contributed by atoms with van der Waals surface area (Å²) in [7, 11) is 3.22. The van der Waals surface area contributed by atoms with Crippen LogP contribution in [0.25, 0.3) is 0 Å². The predicted molar refractivity (Wildman–Crippen MR) is 149 cm³/mol. The van der Waals surface area contributed by atoms with Crippen molar-refractivity contribution in [3.8, 4) is 11.5 Å². The van der Waals surface area contributed by atoms with Crippen LogP contribution in [0.5, 0.6) is 11.5 Å². The van der Waals surface area contributed by atoms with Gasteiger partial charge in [-0.25, -0.2) is 9.36 Å². The first-order valence-electron chi connectivity index (χ1n) is 13.0. The molecule has 1 aliphatic rings. The molecule has 2 heterocycles. The molecule has 5 rings (SSSR count). The SMILES string of the molecule is COc1ccc(C(OC[C@H]2O[C@@H](n3c(=O)cc(C)[nH]c3=O)C[C@@H]2O)(c2ccccc2)c2ccc(OC)cc2)cc1. The van der Waals surface area contributed by atoms with E-state index in [-0.39, 0.29) is 13.0 Å². The lowest BCUT2D eigenvalue weighted by atomic mass is 9.80. The fourth-order valence-electron chi connectivity index (χ4n) is 5.20. The molecule has 9 nitrogen and oxygen atoms in total. The minimum atomic E-state index is -1.10. The molecule has 0 unspecified atom stereocenters. The molecule has 40 heavy (non-hydrogen) atoms. The molecular weight excluding hydrogens is 512 g/mol. The maximum absolute atomic E-state index is 12.6. The monoisotopic (exact) mass is 544 g/mol. The van der Waals surface area contributed by atoms with E-state index in [1.54, 1.807) is 21.1 Å². The van der Waals surface area contributed by atoms with E-state index < -0.39 is 35.3 Å². The molecule has 0 bridgehead atoms. The quantitative estimate of drug-likeness (QED) is 0.310. The Morgan fingerprint density at radius 1 is 0.900 bits per heavy atom. The summed E-state index contributed by atoms with van der Waals surface area (Å²) in [6.45, 7) is 1.61. The number of hydrogen-bond donors (Lipinski definition) is 2. The molecule has 0 amide bonds. The van der Waals surface area contributed by atoms with Crippen LogP contribution in [0.15, 0.2) is 94.5 Å². The van der Waals surface area contributed by atoms with Crippen molar-refractivity contribution in [3.05, 3.63) is 128 Å². The highest BCUT2D eigenvalue weighted by Gasteiger charge is 2.42. The zero-order chi connectivity index (χ0) is 28.3. The lowest BCUT2D eigenvalue weighted by Gasteiger charge is -2.37. The third-order valence-corrected chi connectivity index (χ3v) is 7.23. The van der Waals surface area contributed by atoms with E-state index in [9.17, 15) is 14.7 Å². The molecule has 208 valence electrons. The van der Waals surface area contributed by atoms with Crippen molar-refractivity contribution < 1.29 is 24.1 Å². The molecule has 0 spiro atoms. The van der Waals surface area contributed by atoms with E-state index in [1.165, 1.54) is 6.07 Å². The first-order valence-corrected chi connectivity index (χ1v) is 13.0. The van der Waals surface area contributed by atoms with Crippen LogP contribution in [0, 0.1) is 6.92 Å². The molecule has 9 heteroatoms. The second kappa shape index (κ2) is 11.5. The van der Waals surface area contributed by atoms with Crippen LogP contribution in [-0.4, -0.2) is 47.7 Å². The molecular formula is C31H32N2O7. The zero-order valence-electron chi connectivity index (χ0n) is 22.6. The first kappa shape index (κ1) is 27.4. The van der Waals surface area contributed by atoms with Gasteiger partial charge in [0.2, 0.25) is 0 Å². The number of hydrogen-bond acceptors (Lipinski definition) is 7. The molecule has 3 atom stereocenters. The smallest absolute Gasteiger partial charge is 0.330 e. The van der Waals surface area contributed by atoms with Crippen molar-refractivity contribution >= 4 is 0 Å². The van der Waals surface area contributed by atoms with Crippen LogP contribution in [0.1, 0.15) is 35.0 Å². The molecule has 0 aliphatic carbocycles. The van der Waals surface area contributed by atoms with Gasteiger partial charge < -0.3 is 29.0 Å². The molecule has 0 saturated carbocycles. The summed E-state index contributed by atoms with van der Waals surface area (Å²) in [5, 5.41) is 10.9. The molecule has 1 aromatic heterocycles. The highest BCUT2D eigenvalue weighted by atomic mass is 16.6. The summed E-state index contributed by atoms with van der Waals surface area (Å²) >= 11 is 0. The Hall–Kier alpha value is -4.18. The largest absolute Gasteiger partial charge is 0.497 e. The van der Waals surface area contributed by atoms with Gasteiger partial charge in [-0.05, 0) is 47.9 Å². The number of aromatic amines is 1. The molecule has 0 radical (unpaired) electrons. The number of nitrogens with one attached hydrogen (secondary N) is 1. The van der Waals surface area contributed by atoms with Gasteiger partial charge in [0.15, 0.2) is 0 Å². The summed E-state index contributed by atoms with van der Waals surface area (Å²) in [6, 6.07) is 26.3. The Labute approximate surface area is 231 Å². The molecule has 1 aliphatic heterocycles. The highest BCUT2D eigenvalue weighted by Crippen LogP contribution is 2.42. The topological polar surface area (TPSA) is 112 Å². The number of aryl methyl sites for hydroxylation is 1. The number of rotatable bonds is 9. The number of aromatic nitrogens is 2. The van der Waals surface area contributed by atoms with Gasteiger partial charge in [-0.2, -0.15) is 0 Å². The molecule has 1 saturated heterocycles. The van der Waals surface area contributed by atoms with Crippen molar-refractivity contribution in [1.82, 2.24) is 9.55 Å². The Balaban J connectivity index is 1.54. The van der Waals surface area contributed by atoms with Crippen LogP contribution < -0.4 is 20.7 Å². The molecule has 2 N–H and O–H groups in total. The fourth-order valence-corrected chi connectivity index (χ4v) is 5.20. The maximum Gasteiger partial charge on any atom is 0.330 e. The Bertz CT molecular complexity index is 1470. The number of methoxy groups -OCH3 is 2. The second-order valence-corrected chi connectivity index (χ2v) is 9.71. The van der Waals surface area contributed by atoms with Crippen molar-refractivity contribution in [2.75, 3.05) is 20.8 Å². The molecule has 4 aromatic rings. The number of nitrogens with zero attached hydrogens (tertiary/aromatic N) is 1.